The molecule has 0 spiro atoms. The highest BCUT2D eigenvalue weighted by atomic mass is 16.5. The number of nitrogens with one attached hydrogen (secondary N) is 1. The third-order valence-corrected chi connectivity index (χ3v) is 2.81. The van der Waals surface area contributed by atoms with E-state index in [2.05, 4.69) is 10.3 Å². The molecule has 0 unspecified atom stereocenters. The number of methoxy groups -OCH3 is 2. The first-order valence-electron chi connectivity index (χ1n) is 6.10. The molecule has 0 radical (unpaired) electrons. The molecule has 5 heteroatoms. The summed E-state index contributed by atoms with van der Waals surface area (Å²) in [4.78, 5) is 4.26. The van der Waals surface area contributed by atoms with E-state index in [4.69, 9.17) is 13.9 Å². The lowest BCUT2D eigenvalue weighted by Gasteiger charge is -2.07. The van der Waals surface area contributed by atoms with E-state index in [9.17, 15) is 0 Å². The van der Waals surface area contributed by atoms with Crippen LogP contribution in [0.5, 0.6) is 11.5 Å². The second-order valence-corrected chi connectivity index (χ2v) is 4.04. The van der Waals surface area contributed by atoms with E-state index in [-0.39, 0.29) is 0 Å². The van der Waals surface area contributed by atoms with E-state index in [1.54, 1.807) is 20.4 Å². The van der Waals surface area contributed by atoms with E-state index >= 15 is 0 Å². The molecule has 1 heterocycles. The van der Waals surface area contributed by atoms with Gasteiger partial charge in [0, 0.05) is 13.0 Å². The predicted octanol–water partition coefficient (Wildman–Crippen LogP) is 2.12. The Hall–Kier alpha value is -2.01. The Bertz CT molecular complexity index is 537. The maximum atomic E-state index is 5.73. The minimum atomic E-state index is 0.682. The lowest BCUT2D eigenvalue weighted by molar-refractivity contribution is 0.402. The number of hydrogen-bond donors (Lipinski definition) is 1. The minimum absolute atomic E-state index is 0.682. The number of oxazole rings is 1. The summed E-state index contributed by atoms with van der Waals surface area (Å²) >= 11 is 0. The standard InChI is InChI=1S/C14H18N2O3/c1-15-7-6-14-16-9-13(19-14)11-8-10(17-2)4-5-12(11)18-3/h4-5,8-9,15H,6-7H2,1-3H3. The van der Waals surface area contributed by atoms with Gasteiger partial charge in [0.2, 0.25) is 0 Å². The zero-order chi connectivity index (χ0) is 13.7. The van der Waals surface area contributed by atoms with Crippen molar-refractivity contribution in [2.75, 3.05) is 27.8 Å². The van der Waals surface area contributed by atoms with E-state index in [1.165, 1.54) is 0 Å². The number of rotatable bonds is 6. The highest BCUT2D eigenvalue weighted by Gasteiger charge is 2.12. The van der Waals surface area contributed by atoms with Crippen LogP contribution >= 0.6 is 0 Å². The van der Waals surface area contributed by atoms with Gasteiger partial charge < -0.3 is 19.2 Å². The van der Waals surface area contributed by atoms with Crippen LogP contribution < -0.4 is 14.8 Å². The van der Waals surface area contributed by atoms with Crippen molar-refractivity contribution >= 4 is 0 Å². The van der Waals surface area contributed by atoms with Crippen LogP contribution in [0.25, 0.3) is 11.3 Å². The van der Waals surface area contributed by atoms with E-state index < -0.39 is 0 Å². The Labute approximate surface area is 112 Å². The second-order valence-electron chi connectivity index (χ2n) is 4.04. The van der Waals surface area contributed by atoms with Crippen molar-refractivity contribution in [3.05, 3.63) is 30.3 Å². The van der Waals surface area contributed by atoms with Crippen molar-refractivity contribution in [1.82, 2.24) is 10.3 Å². The van der Waals surface area contributed by atoms with Crippen LogP contribution in [0.4, 0.5) is 0 Å². The molecule has 1 N–H and O–H groups in total. The van der Waals surface area contributed by atoms with Gasteiger partial charge in [-0.3, -0.25) is 0 Å². The van der Waals surface area contributed by atoms with Gasteiger partial charge in [0.15, 0.2) is 11.7 Å². The number of benzene rings is 1. The van der Waals surface area contributed by atoms with Crippen LogP contribution in [0, 0.1) is 0 Å². The Morgan fingerprint density at radius 2 is 2.11 bits per heavy atom. The largest absolute Gasteiger partial charge is 0.497 e. The second kappa shape index (κ2) is 6.24. The third kappa shape index (κ3) is 3.06. The highest BCUT2D eigenvalue weighted by molar-refractivity contribution is 5.67. The molecule has 2 rings (SSSR count). The molecule has 0 aliphatic rings. The van der Waals surface area contributed by atoms with Gasteiger partial charge in [-0.05, 0) is 25.2 Å². The summed E-state index contributed by atoms with van der Waals surface area (Å²) in [6, 6.07) is 5.58. The molecule has 19 heavy (non-hydrogen) atoms. The Balaban J connectivity index is 2.31. The molecule has 0 fully saturated rings. The Morgan fingerprint density at radius 3 is 2.79 bits per heavy atom. The van der Waals surface area contributed by atoms with E-state index in [0.29, 0.717) is 11.7 Å². The molecule has 0 amide bonds. The summed E-state index contributed by atoms with van der Waals surface area (Å²) in [5.74, 6) is 2.87. The fourth-order valence-corrected chi connectivity index (χ4v) is 1.79. The normalized spacial score (nSPS) is 10.5. The quantitative estimate of drug-likeness (QED) is 0.864. The van der Waals surface area contributed by atoms with Crippen LogP contribution in [0.1, 0.15) is 5.89 Å². The molecule has 1 aromatic heterocycles. The molecule has 0 saturated carbocycles. The molecule has 0 aliphatic carbocycles. The average Bonchev–Trinajstić information content (AvgIpc) is 2.93. The highest BCUT2D eigenvalue weighted by Crippen LogP contribution is 2.33. The molecular weight excluding hydrogens is 244 g/mol. The van der Waals surface area contributed by atoms with Crippen molar-refractivity contribution in [3.8, 4) is 22.8 Å². The first kappa shape index (κ1) is 13.4. The number of likely N-dealkylation sites (N-methyl/N-ethyl adjacent to an activating group) is 1. The number of hydrogen-bond acceptors (Lipinski definition) is 5. The van der Waals surface area contributed by atoms with E-state index in [0.717, 1.165) is 30.0 Å². The van der Waals surface area contributed by atoms with Crippen molar-refractivity contribution < 1.29 is 13.9 Å². The van der Waals surface area contributed by atoms with Crippen molar-refractivity contribution in [1.29, 1.82) is 0 Å². The van der Waals surface area contributed by atoms with Crippen LogP contribution in [0.3, 0.4) is 0 Å². The predicted molar refractivity (Wildman–Crippen MR) is 72.7 cm³/mol. The average molecular weight is 262 g/mol. The minimum Gasteiger partial charge on any atom is -0.497 e. The molecule has 1 aromatic carbocycles. The first-order chi connectivity index (χ1) is 9.28. The molecule has 5 nitrogen and oxygen atoms in total. The zero-order valence-electron chi connectivity index (χ0n) is 11.4. The summed E-state index contributed by atoms with van der Waals surface area (Å²) in [7, 11) is 5.16. The number of ether oxygens (including phenoxy) is 2. The van der Waals surface area contributed by atoms with E-state index in [1.807, 2.05) is 25.2 Å². The van der Waals surface area contributed by atoms with Gasteiger partial charge in [-0.15, -0.1) is 0 Å². The summed E-state index contributed by atoms with van der Waals surface area (Å²) in [5.41, 5.74) is 0.838. The van der Waals surface area contributed by atoms with Crippen LogP contribution in [-0.4, -0.2) is 32.8 Å². The third-order valence-electron chi connectivity index (χ3n) is 2.81. The molecule has 2 aromatic rings. The molecule has 0 saturated heterocycles. The van der Waals surface area contributed by atoms with Crippen LogP contribution in [0.15, 0.2) is 28.8 Å². The Kier molecular flexibility index (Phi) is 4.41. The van der Waals surface area contributed by atoms with Gasteiger partial charge in [0.05, 0.1) is 26.0 Å². The molecule has 0 atom stereocenters. The zero-order valence-corrected chi connectivity index (χ0v) is 11.4. The van der Waals surface area contributed by atoms with Gasteiger partial charge >= 0.3 is 0 Å². The number of aromatic nitrogens is 1. The molecule has 0 bridgehead atoms. The maximum Gasteiger partial charge on any atom is 0.196 e. The maximum absolute atomic E-state index is 5.73. The summed E-state index contributed by atoms with van der Waals surface area (Å²) in [6.45, 7) is 0.829. The fraction of sp³-hybridized carbons (Fsp3) is 0.357. The summed E-state index contributed by atoms with van der Waals surface area (Å²) < 4.78 is 16.3. The summed E-state index contributed by atoms with van der Waals surface area (Å²) in [6.07, 6.45) is 2.46. The summed E-state index contributed by atoms with van der Waals surface area (Å²) in [5, 5.41) is 3.06. The first-order valence-corrected chi connectivity index (χ1v) is 6.10. The van der Waals surface area contributed by atoms with Crippen molar-refractivity contribution in [2.45, 2.75) is 6.42 Å². The number of nitrogens with zero attached hydrogens (tertiary/aromatic N) is 1. The van der Waals surface area contributed by atoms with Gasteiger partial charge in [-0.25, -0.2) is 4.98 Å². The fourth-order valence-electron chi connectivity index (χ4n) is 1.79. The molecular formula is C14H18N2O3. The molecule has 102 valence electrons. The van der Waals surface area contributed by atoms with Crippen LogP contribution in [0.2, 0.25) is 0 Å². The monoisotopic (exact) mass is 262 g/mol. The van der Waals surface area contributed by atoms with Gasteiger partial charge in [0.25, 0.3) is 0 Å². The van der Waals surface area contributed by atoms with Gasteiger partial charge in [0.1, 0.15) is 11.5 Å². The van der Waals surface area contributed by atoms with Crippen molar-refractivity contribution in [3.63, 3.8) is 0 Å². The van der Waals surface area contributed by atoms with Crippen molar-refractivity contribution in [2.24, 2.45) is 0 Å². The van der Waals surface area contributed by atoms with Crippen LogP contribution in [-0.2, 0) is 6.42 Å². The lowest BCUT2D eigenvalue weighted by atomic mass is 10.1. The SMILES string of the molecule is CNCCc1ncc(-c2cc(OC)ccc2OC)o1. The molecule has 0 aliphatic heterocycles. The Morgan fingerprint density at radius 1 is 1.26 bits per heavy atom. The smallest absolute Gasteiger partial charge is 0.196 e. The lowest BCUT2D eigenvalue weighted by Crippen LogP contribution is -2.10. The van der Waals surface area contributed by atoms with Gasteiger partial charge in [-0.2, -0.15) is 0 Å². The topological polar surface area (TPSA) is 56.5 Å². The van der Waals surface area contributed by atoms with Gasteiger partial charge in [-0.1, -0.05) is 0 Å².